The summed E-state index contributed by atoms with van der Waals surface area (Å²) in [5.74, 6) is -0.169. The average Bonchev–Trinajstić information content (AvgIpc) is 3.36. The van der Waals surface area contributed by atoms with Gasteiger partial charge in [-0.1, -0.05) is 30.3 Å². The van der Waals surface area contributed by atoms with Crippen molar-refractivity contribution in [2.75, 3.05) is 7.11 Å². The minimum atomic E-state index is -3.92. The Morgan fingerprint density at radius 1 is 1.07 bits per heavy atom. The van der Waals surface area contributed by atoms with Crippen molar-refractivity contribution in [1.29, 1.82) is 0 Å². The highest BCUT2D eigenvalue weighted by Gasteiger charge is 2.73. The van der Waals surface area contributed by atoms with Gasteiger partial charge in [0.1, 0.15) is 28.4 Å². The number of aldehydes is 1. The van der Waals surface area contributed by atoms with Crippen molar-refractivity contribution < 1.29 is 27.5 Å². The number of amides is 1. The van der Waals surface area contributed by atoms with E-state index in [9.17, 15) is 18.0 Å². The monoisotopic (exact) mass is 431 g/mol. The van der Waals surface area contributed by atoms with Crippen molar-refractivity contribution in [2.45, 2.75) is 48.0 Å². The molecule has 3 rings (SSSR count). The number of rotatable bonds is 6. The first kappa shape index (κ1) is 21.8. The first-order valence-electron chi connectivity index (χ1n) is 9.45. The number of sulfone groups is 1. The molecule has 30 heavy (non-hydrogen) atoms. The molecular formula is C22H25NO6S. The summed E-state index contributed by atoms with van der Waals surface area (Å²) in [6.45, 7) is 5.06. The van der Waals surface area contributed by atoms with Gasteiger partial charge in [-0.15, -0.1) is 0 Å². The van der Waals surface area contributed by atoms with Crippen molar-refractivity contribution in [2.24, 2.45) is 0 Å². The summed E-state index contributed by atoms with van der Waals surface area (Å²) in [4.78, 5) is 24.8. The molecule has 0 heterocycles. The molecule has 0 unspecified atom stereocenters. The third-order valence-corrected chi connectivity index (χ3v) is 7.23. The molecule has 2 aromatic rings. The molecule has 8 heteroatoms. The number of benzene rings is 2. The molecule has 3 atom stereocenters. The van der Waals surface area contributed by atoms with Crippen LogP contribution in [0.5, 0.6) is 5.75 Å². The molecule has 1 amide bonds. The molecule has 1 N–H and O–H groups in total. The molecule has 0 saturated heterocycles. The number of alkyl carbamates (subject to hydrolysis) is 1. The first-order chi connectivity index (χ1) is 14.0. The van der Waals surface area contributed by atoms with Gasteiger partial charge in [0.05, 0.1) is 12.0 Å². The highest BCUT2D eigenvalue weighted by Crippen LogP contribution is 2.56. The standard InChI is InChI=1S/C22H25NO6S/c1-21(2,3)29-20(25)23-22(14-24)18(15-10-12-16(28-4)13-11-15)19(22)30(26,27)17-8-6-5-7-9-17/h5-14,18-19H,1-4H3,(H,23,25)/t18-,19-,22-/m1/s1. The molecule has 0 radical (unpaired) electrons. The molecule has 160 valence electrons. The number of nitrogens with one attached hydrogen (secondary N) is 1. The Labute approximate surface area is 176 Å². The van der Waals surface area contributed by atoms with Crippen molar-refractivity contribution in [1.82, 2.24) is 5.32 Å². The molecule has 1 fully saturated rings. The van der Waals surface area contributed by atoms with Crippen molar-refractivity contribution in [3.8, 4) is 5.75 Å². The lowest BCUT2D eigenvalue weighted by Gasteiger charge is -2.22. The van der Waals surface area contributed by atoms with Crippen LogP contribution in [-0.4, -0.2) is 44.3 Å². The Morgan fingerprint density at radius 2 is 1.67 bits per heavy atom. The van der Waals surface area contributed by atoms with Gasteiger partial charge in [0.25, 0.3) is 0 Å². The molecule has 0 spiro atoms. The van der Waals surface area contributed by atoms with Crippen LogP contribution in [0.25, 0.3) is 0 Å². The predicted molar refractivity (Wildman–Crippen MR) is 111 cm³/mol. The van der Waals surface area contributed by atoms with Crippen molar-refractivity contribution in [3.63, 3.8) is 0 Å². The van der Waals surface area contributed by atoms with E-state index in [1.54, 1.807) is 63.2 Å². The maximum Gasteiger partial charge on any atom is 0.408 e. The van der Waals surface area contributed by atoms with E-state index in [1.807, 2.05) is 0 Å². The van der Waals surface area contributed by atoms with Crippen LogP contribution in [0.4, 0.5) is 4.79 Å². The summed E-state index contributed by atoms with van der Waals surface area (Å²) < 4.78 is 37.2. The maximum atomic E-state index is 13.4. The Kier molecular flexibility index (Phi) is 5.64. The van der Waals surface area contributed by atoms with Gasteiger partial charge in [-0.25, -0.2) is 13.2 Å². The quantitative estimate of drug-likeness (QED) is 0.706. The van der Waals surface area contributed by atoms with Crippen LogP contribution in [0.1, 0.15) is 32.3 Å². The van der Waals surface area contributed by atoms with Crippen molar-refractivity contribution >= 4 is 22.2 Å². The highest BCUT2D eigenvalue weighted by molar-refractivity contribution is 7.92. The second kappa shape index (κ2) is 7.75. The van der Waals surface area contributed by atoms with E-state index in [1.165, 1.54) is 19.2 Å². The zero-order valence-corrected chi connectivity index (χ0v) is 18.1. The van der Waals surface area contributed by atoms with Crippen LogP contribution in [0.3, 0.4) is 0 Å². The van der Waals surface area contributed by atoms with Crippen LogP contribution in [0.2, 0.25) is 0 Å². The average molecular weight is 432 g/mol. The van der Waals surface area contributed by atoms with E-state index in [0.717, 1.165) is 0 Å². The molecule has 0 aliphatic heterocycles. The fraction of sp³-hybridized carbons (Fsp3) is 0.364. The van der Waals surface area contributed by atoms with E-state index in [-0.39, 0.29) is 4.90 Å². The Balaban J connectivity index is 2.04. The minimum Gasteiger partial charge on any atom is -0.497 e. The lowest BCUT2D eigenvalue weighted by Crippen LogP contribution is -2.45. The summed E-state index contributed by atoms with van der Waals surface area (Å²) in [6.07, 6.45) is -0.351. The van der Waals surface area contributed by atoms with Gasteiger partial charge in [0.2, 0.25) is 0 Å². The van der Waals surface area contributed by atoms with Gasteiger partial charge in [-0.05, 0) is 50.6 Å². The number of carbonyl (C=O) groups is 2. The Bertz CT molecular complexity index is 1030. The molecule has 1 aliphatic carbocycles. The zero-order valence-electron chi connectivity index (χ0n) is 17.3. The van der Waals surface area contributed by atoms with Gasteiger partial charge in [-0.3, -0.25) is 0 Å². The smallest absolute Gasteiger partial charge is 0.408 e. The molecular weight excluding hydrogens is 406 g/mol. The van der Waals surface area contributed by atoms with Crippen LogP contribution in [0.15, 0.2) is 59.5 Å². The number of hydrogen-bond donors (Lipinski definition) is 1. The second-order valence-corrected chi connectivity index (χ2v) is 10.3. The summed E-state index contributed by atoms with van der Waals surface area (Å²) in [5, 5.41) is 1.38. The number of ether oxygens (including phenoxy) is 2. The van der Waals surface area contributed by atoms with Crippen LogP contribution < -0.4 is 10.1 Å². The van der Waals surface area contributed by atoms with Crippen LogP contribution in [-0.2, 0) is 19.4 Å². The summed E-state index contributed by atoms with van der Waals surface area (Å²) in [6, 6.07) is 14.6. The zero-order chi connectivity index (χ0) is 22.2. The molecule has 7 nitrogen and oxygen atoms in total. The topological polar surface area (TPSA) is 98.8 Å². The molecule has 1 saturated carbocycles. The molecule has 0 aromatic heterocycles. The lowest BCUT2D eigenvalue weighted by atomic mass is 10.1. The maximum absolute atomic E-state index is 13.4. The van der Waals surface area contributed by atoms with Gasteiger partial charge >= 0.3 is 6.09 Å². The third-order valence-electron chi connectivity index (χ3n) is 4.97. The Morgan fingerprint density at radius 3 is 2.17 bits per heavy atom. The largest absolute Gasteiger partial charge is 0.497 e. The minimum absolute atomic E-state index is 0.0863. The van der Waals surface area contributed by atoms with E-state index < -0.39 is 38.2 Å². The van der Waals surface area contributed by atoms with Crippen LogP contribution in [0, 0.1) is 0 Å². The number of carbonyl (C=O) groups excluding carboxylic acids is 2. The van der Waals surface area contributed by atoms with E-state index in [0.29, 0.717) is 17.6 Å². The van der Waals surface area contributed by atoms with Gasteiger partial charge in [0, 0.05) is 5.92 Å². The molecule has 2 aromatic carbocycles. The summed E-state index contributed by atoms with van der Waals surface area (Å²) >= 11 is 0. The second-order valence-electron chi connectivity index (χ2n) is 8.21. The van der Waals surface area contributed by atoms with Gasteiger partial charge < -0.3 is 19.6 Å². The third kappa shape index (κ3) is 4.05. The molecule has 0 bridgehead atoms. The van der Waals surface area contributed by atoms with Crippen LogP contribution >= 0.6 is 0 Å². The lowest BCUT2D eigenvalue weighted by molar-refractivity contribution is -0.110. The SMILES string of the molecule is COc1ccc([C@@H]2[C@@H](S(=O)(=O)c3ccccc3)[C@]2(C=O)NC(=O)OC(C)(C)C)cc1. The summed E-state index contributed by atoms with van der Waals surface area (Å²) in [7, 11) is -2.40. The number of methoxy groups -OCH3 is 1. The van der Waals surface area contributed by atoms with Gasteiger partial charge in [-0.2, -0.15) is 0 Å². The summed E-state index contributed by atoms with van der Waals surface area (Å²) in [5.41, 5.74) is -1.83. The molecule has 1 aliphatic rings. The van der Waals surface area contributed by atoms with E-state index >= 15 is 0 Å². The fourth-order valence-corrected chi connectivity index (χ4v) is 5.89. The van der Waals surface area contributed by atoms with E-state index in [2.05, 4.69) is 5.32 Å². The van der Waals surface area contributed by atoms with E-state index in [4.69, 9.17) is 9.47 Å². The highest BCUT2D eigenvalue weighted by atomic mass is 32.2. The Hall–Kier alpha value is -2.87. The van der Waals surface area contributed by atoms with Gasteiger partial charge in [0.15, 0.2) is 9.84 Å². The first-order valence-corrected chi connectivity index (χ1v) is 11.0. The van der Waals surface area contributed by atoms with Crippen molar-refractivity contribution in [3.05, 3.63) is 60.2 Å². The predicted octanol–water partition coefficient (Wildman–Crippen LogP) is 3.10. The number of hydrogen-bond acceptors (Lipinski definition) is 6. The normalized spacial score (nSPS) is 23.3. The fourth-order valence-electron chi connectivity index (χ4n) is 3.63.